The van der Waals surface area contributed by atoms with Crippen molar-refractivity contribution in [3.8, 4) is 0 Å². The maximum Gasteiger partial charge on any atom is 0.247 e. The molecule has 1 atom stereocenters. The minimum Gasteiger partial charge on any atom is -0.450 e. The molecule has 114 valence electrons. The van der Waals surface area contributed by atoms with Crippen molar-refractivity contribution < 1.29 is 17.9 Å². The summed E-state index contributed by atoms with van der Waals surface area (Å²) < 4.78 is 32.5. The van der Waals surface area contributed by atoms with E-state index in [4.69, 9.17) is 9.52 Å². The molecule has 2 rings (SSSR count). The quantitative estimate of drug-likeness (QED) is 0.870. The van der Waals surface area contributed by atoms with E-state index in [1.807, 2.05) is 0 Å². The van der Waals surface area contributed by atoms with Gasteiger partial charge in [-0.3, -0.25) is 0 Å². The molecule has 0 saturated carbocycles. The average molecular weight is 366 g/mol. The number of piperidine rings is 1. The van der Waals surface area contributed by atoms with Crippen LogP contribution in [0, 0.1) is 0 Å². The van der Waals surface area contributed by atoms with Crippen LogP contribution in [0.4, 0.5) is 0 Å². The molecule has 0 aromatic carbocycles. The summed E-state index contributed by atoms with van der Waals surface area (Å²) >= 11 is 3.14. The Morgan fingerprint density at radius 1 is 1.50 bits per heavy atom. The molecule has 0 aliphatic carbocycles. The molecule has 0 radical (unpaired) electrons. The van der Waals surface area contributed by atoms with Crippen LogP contribution in [-0.4, -0.2) is 30.4 Å². The van der Waals surface area contributed by atoms with E-state index in [1.54, 1.807) is 4.31 Å². The van der Waals surface area contributed by atoms with E-state index in [9.17, 15) is 8.42 Å². The molecule has 1 saturated heterocycles. The number of aliphatic hydroxyl groups excluding tert-OH is 1. The van der Waals surface area contributed by atoms with Gasteiger partial charge in [0, 0.05) is 18.7 Å². The molecule has 1 aromatic rings. The molecule has 5 nitrogen and oxygen atoms in total. The Hall–Kier alpha value is -0.370. The maximum absolute atomic E-state index is 12.8. The first-order valence-electron chi connectivity index (χ1n) is 6.91. The summed E-state index contributed by atoms with van der Waals surface area (Å²) in [5, 5.41) is 9.06. The third-order valence-electron chi connectivity index (χ3n) is 3.64. The minimum atomic E-state index is -3.57. The van der Waals surface area contributed by atoms with Gasteiger partial charge in [0.2, 0.25) is 10.0 Å². The van der Waals surface area contributed by atoms with Crippen LogP contribution in [0.3, 0.4) is 0 Å². The Kier molecular flexibility index (Phi) is 5.28. The molecule has 2 heterocycles. The normalized spacial score (nSPS) is 21.2. The molecule has 0 spiro atoms. The van der Waals surface area contributed by atoms with Crippen molar-refractivity contribution >= 4 is 26.0 Å². The van der Waals surface area contributed by atoms with Crippen molar-refractivity contribution in [2.75, 3.05) is 6.54 Å². The Bertz CT molecular complexity index is 553. The number of hydrogen-bond acceptors (Lipinski definition) is 4. The lowest BCUT2D eigenvalue weighted by molar-refractivity contribution is 0.239. The number of hydrogen-bond donors (Lipinski definition) is 1. The molecule has 1 unspecified atom stereocenters. The van der Waals surface area contributed by atoms with E-state index in [0.29, 0.717) is 6.54 Å². The molecule has 1 aliphatic heterocycles. The van der Waals surface area contributed by atoms with Gasteiger partial charge in [0.15, 0.2) is 4.67 Å². The first-order chi connectivity index (χ1) is 9.50. The van der Waals surface area contributed by atoms with Crippen molar-refractivity contribution in [2.24, 2.45) is 0 Å². The first kappa shape index (κ1) is 16.0. The highest BCUT2D eigenvalue weighted by Crippen LogP contribution is 2.33. The van der Waals surface area contributed by atoms with Crippen molar-refractivity contribution in [3.05, 3.63) is 16.5 Å². The van der Waals surface area contributed by atoms with Crippen molar-refractivity contribution in [3.63, 3.8) is 0 Å². The molecule has 1 fully saturated rings. The van der Waals surface area contributed by atoms with Gasteiger partial charge in [-0.25, -0.2) is 8.42 Å². The van der Waals surface area contributed by atoms with Crippen LogP contribution in [0.15, 0.2) is 20.0 Å². The van der Waals surface area contributed by atoms with Gasteiger partial charge in [0.1, 0.15) is 17.3 Å². The zero-order valence-electron chi connectivity index (χ0n) is 11.5. The number of furan rings is 1. The highest BCUT2D eigenvalue weighted by atomic mass is 79.9. The van der Waals surface area contributed by atoms with Crippen LogP contribution in [0.2, 0.25) is 0 Å². The van der Waals surface area contributed by atoms with Gasteiger partial charge in [-0.05, 0) is 35.2 Å². The van der Waals surface area contributed by atoms with Crippen LogP contribution >= 0.6 is 15.9 Å². The fourth-order valence-corrected chi connectivity index (χ4v) is 5.38. The molecular weight excluding hydrogens is 346 g/mol. The third kappa shape index (κ3) is 3.10. The highest BCUT2D eigenvalue weighted by molar-refractivity contribution is 9.10. The van der Waals surface area contributed by atoms with Crippen LogP contribution in [0.1, 0.15) is 44.8 Å². The van der Waals surface area contributed by atoms with Gasteiger partial charge >= 0.3 is 0 Å². The van der Waals surface area contributed by atoms with E-state index in [2.05, 4.69) is 22.9 Å². The Morgan fingerprint density at radius 3 is 2.85 bits per heavy atom. The van der Waals surface area contributed by atoms with Crippen molar-refractivity contribution in [1.82, 2.24) is 4.31 Å². The lowest BCUT2D eigenvalue weighted by Gasteiger charge is -2.34. The fraction of sp³-hybridized carbons (Fsp3) is 0.692. The van der Waals surface area contributed by atoms with Crippen LogP contribution in [0.5, 0.6) is 0 Å². The van der Waals surface area contributed by atoms with Gasteiger partial charge < -0.3 is 9.52 Å². The number of nitrogens with zero attached hydrogens (tertiary/aromatic N) is 1. The van der Waals surface area contributed by atoms with Gasteiger partial charge in [-0.15, -0.1) is 0 Å². The number of aliphatic hydroxyl groups is 1. The highest BCUT2D eigenvalue weighted by Gasteiger charge is 2.35. The molecule has 0 bridgehead atoms. The van der Waals surface area contributed by atoms with Gasteiger partial charge in [-0.1, -0.05) is 19.8 Å². The summed E-state index contributed by atoms with van der Waals surface area (Å²) in [6.45, 7) is 2.31. The third-order valence-corrected chi connectivity index (χ3v) is 6.45. The predicted molar refractivity (Wildman–Crippen MR) is 78.8 cm³/mol. The van der Waals surface area contributed by atoms with Gasteiger partial charge in [-0.2, -0.15) is 4.31 Å². The monoisotopic (exact) mass is 365 g/mol. The molecule has 7 heteroatoms. The van der Waals surface area contributed by atoms with Crippen LogP contribution in [0.25, 0.3) is 0 Å². The zero-order valence-corrected chi connectivity index (χ0v) is 13.9. The zero-order chi connectivity index (χ0) is 14.8. The topological polar surface area (TPSA) is 70.8 Å². The second kappa shape index (κ2) is 6.60. The lowest BCUT2D eigenvalue weighted by atomic mass is 10.0. The summed E-state index contributed by atoms with van der Waals surface area (Å²) in [5.74, 6) is 0.250. The Labute approximate surface area is 128 Å². The van der Waals surface area contributed by atoms with E-state index in [1.165, 1.54) is 6.07 Å². The van der Waals surface area contributed by atoms with E-state index in [-0.39, 0.29) is 28.0 Å². The summed E-state index contributed by atoms with van der Waals surface area (Å²) in [5.41, 5.74) is 0. The van der Waals surface area contributed by atoms with E-state index < -0.39 is 10.0 Å². The summed E-state index contributed by atoms with van der Waals surface area (Å²) in [6.07, 6.45) is 4.72. The summed E-state index contributed by atoms with van der Waals surface area (Å²) in [6, 6.07) is 1.47. The maximum atomic E-state index is 12.8. The molecule has 0 amide bonds. The molecule has 1 aromatic heterocycles. The number of sulfonamides is 1. The van der Waals surface area contributed by atoms with E-state index in [0.717, 1.165) is 32.1 Å². The minimum absolute atomic E-state index is 0.0677. The number of rotatable bonds is 5. The lowest BCUT2D eigenvalue weighted by Crippen LogP contribution is -2.43. The van der Waals surface area contributed by atoms with Crippen LogP contribution in [-0.2, 0) is 16.6 Å². The van der Waals surface area contributed by atoms with Gasteiger partial charge in [0.05, 0.1) is 0 Å². The fourth-order valence-electron chi connectivity index (χ4n) is 2.69. The number of halogens is 1. The van der Waals surface area contributed by atoms with Crippen LogP contribution < -0.4 is 0 Å². The second-order valence-electron chi connectivity index (χ2n) is 5.06. The molecule has 1 aliphatic rings. The molecule has 1 N–H and O–H groups in total. The first-order valence-corrected chi connectivity index (χ1v) is 9.15. The second-order valence-corrected chi connectivity index (χ2v) is 7.64. The SMILES string of the molecule is CCCC1CCCCN1S(=O)(=O)c1cc(CO)oc1Br. The predicted octanol–water partition coefficient (Wildman–Crippen LogP) is 2.88. The average Bonchev–Trinajstić information content (AvgIpc) is 2.82. The molecule has 20 heavy (non-hydrogen) atoms. The van der Waals surface area contributed by atoms with Crippen molar-refractivity contribution in [1.29, 1.82) is 0 Å². The largest absolute Gasteiger partial charge is 0.450 e. The summed E-state index contributed by atoms with van der Waals surface area (Å²) in [7, 11) is -3.57. The van der Waals surface area contributed by atoms with E-state index >= 15 is 0 Å². The standard InChI is InChI=1S/C13H20BrNO4S/c1-2-5-10-6-3-4-7-15(10)20(17,18)12-8-11(9-16)19-13(12)14/h8,10,16H,2-7,9H2,1H3. The Balaban J connectivity index is 2.34. The summed E-state index contributed by atoms with van der Waals surface area (Å²) in [4.78, 5) is 0.115. The van der Waals surface area contributed by atoms with Crippen molar-refractivity contribution in [2.45, 2.75) is 56.6 Å². The Morgan fingerprint density at radius 2 is 2.25 bits per heavy atom. The smallest absolute Gasteiger partial charge is 0.247 e. The molecular formula is C13H20BrNO4S. The van der Waals surface area contributed by atoms with Gasteiger partial charge in [0.25, 0.3) is 0 Å².